The Hall–Kier alpha value is -2.66. The molecule has 2 aromatic carbocycles. The Labute approximate surface area is 157 Å². The predicted octanol–water partition coefficient (Wildman–Crippen LogP) is 4.13. The highest BCUT2D eigenvalue weighted by molar-refractivity contribution is 5.99. The molecule has 5 heteroatoms. The Bertz CT molecular complexity index is 960. The topological polar surface area (TPSA) is 43.3 Å². The average Bonchev–Trinajstić information content (AvgIpc) is 3.32. The van der Waals surface area contributed by atoms with Gasteiger partial charge in [-0.3, -0.25) is 4.79 Å². The SMILES string of the molecule is CC(NC(=O)c1cc2ccccc2n1Cc1ccccc1F)C1CCCO1. The first-order valence-electron chi connectivity index (χ1n) is 9.37. The van der Waals surface area contributed by atoms with E-state index in [1.807, 2.05) is 47.9 Å². The fourth-order valence-electron chi connectivity index (χ4n) is 3.74. The first kappa shape index (κ1) is 17.7. The molecule has 4 rings (SSSR count). The summed E-state index contributed by atoms with van der Waals surface area (Å²) in [4.78, 5) is 13.0. The number of nitrogens with zero attached hydrogens (tertiary/aromatic N) is 1. The lowest BCUT2D eigenvalue weighted by atomic mass is 10.1. The normalized spacial score (nSPS) is 17.9. The number of amides is 1. The van der Waals surface area contributed by atoms with Crippen molar-refractivity contribution in [1.82, 2.24) is 9.88 Å². The zero-order chi connectivity index (χ0) is 18.8. The first-order chi connectivity index (χ1) is 13.1. The van der Waals surface area contributed by atoms with E-state index in [1.54, 1.807) is 12.1 Å². The Morgan fingerprint density at radius 3 is 2.81 bits per heavy atom. The molecule has 1 amide bonds. The molecule has 140 valence electrons. The molecule has 1 N–H and O–H groups in total. The van der Waals surface area contributed by atoms with Gasteiger partial charge >= 0.3 is 0 Å². The summed E-state index contributed by atoms with van der Waals surface area (Å²) in [5.41, 5.74) is 2.00. The van der Waals surface area contributed by atoms with Crippen molar-refractivity contribution in [1.29, 1.82) is 0 Å². The summed E-state index contributed by atoms with van der Waals surface area (Å²) in [7, 11) is 0. The van der Waals surface area contributed by atoms with Gasteiger partial charge < -0.3 is 14.6 Å². The van der Waals surface area contributed by atoms with E-state index in [0.717, 1.165) is 30.4 Å². The van der Waals surface area contributed by atoms with E-state index >= 15 is 0 Å². The van der Waals surface area contributed by atoms with Gasteiger partial charge in [0.2, 0.25) is 0 Å². The number of para-hydroxylation sites is 1. The lowest BCUT2D eigenvalue weighted by Crippen LogP contribution is -2.41. The summed E-state index contributed by atoms with van der Waals surface area (Å²) in [5, 5.41) is 4.02. The van der Waals surface area contributed by atoms with Gasteiger partial charge in [0.05, 0.1) is 18.7 Å². The van der Waals surface area contributed by atoms with Gasteiger partial charge in [-0.15, -0.1) is 0 Å². The Kier molecular flexibility index (Phi) is 4.94. The number of carbonyl (C=O) groups excluding carboxylic acids is 1. The molecular weight excluding hydrogens is 343 g/mol. The van der Waals surface area contributed by atoms with Crippen LogP contribution in [0.25, 0.3) is 10.9 Å². The summed E-state index contributed by atoms with van der Waals surface area (Å²) < 4.78 is 21.8. The fraction of sp³-hybridized carbons (Fsp3) is 0.318. The lowest BCUT2D eigenvalue weighted by molar-refractivity contribution is 0.0707. The highest BCUT2D eigenvalue weighted by Gasteiger charge is 2.25. The first-order valence-corrected chi connectivity index (χ1v) is 9.37. The second-order valence-corrected chi connectivity index (χ2v) is 7.08. The van der Waals surface area contributed by atoms with E-state index in [9.17, 15) is 9.18 Å². The van der Waals surface area contributed by atoms with Crippen molar-refractivity contribution in [3.8, 4) is 0 Å². The molecule has 1 aromatic heterocycles. The Morgan fingerprint density at radius 1 is 1.26 bits per heavy atom. The van der Waals surface area contributed by atoms with E-state index in [-0.39, 0.29) is 23.9 Å². The maximum Gasteiger partial charge on any atom is 0.268 e. The molecule has 0 saturated carbocycles. The summed E-state index contributed by atoms with van der Waals surface area (Å²) in [5.74, 6) is -0.431. The van der Waals surface area contributed by atoms with E-state index in [1.165, 1.54) is 6.07 Å². The van der Waals surface area contributed by atoms with Crippen molar-refractivity contribution in [3.05, 3.63) is 71.7 Å². The summed E-state index contributed by atoms with van der Waals surface area (Å²) in [6.45, 7) is 3.02. The van der Waals surface area contributed by atoms with Gasteiger partial charge in [-0.2, -0.15) is 0 Å². The van der Waals surface area contributed by atoms with Crippen LogP contribution >= 0.6 is 0 Å². The molecule has 0 bridgehead atoms. The van der Waals surface area contributed by atoms with Gasteiger partial charge in [-0.05, 0) is 38.0 Å². The maximum absolute atomic E-state index is 14.2. The lowest BCUT2D eigenvalue weighted by Gasteiger charge is -2.20. The predicted molar refractivity (Wildman–Crippen MR) is 103 cm³/mol. The van der Waals surface area contributed by atoms with Crippen molar-refractivity contribution in [2.75, 3.05) is 6.61 Å². The monoisotopic (exact) mass is 366 g/mol. The zero-order valence-corrected chi connectivity index (χ0v) is 15.3. The van der Waals surface area contributed by atoms with Crippen LogP contribution in [0.2, 0.25) is 0 Å². The largest absolute Gasteiger partial charge is 0.376 e. The summed E-state index contributed by atoms with van der Waals surface area (Å²) >= 11 is 0. The van der Waals surface area contributed by atoms with Crippen molar-refractivity contribution in [2.24, 2.45) is 0 Å². The smallest absolute Gasteiger partial charge is 0.268 e. The van der Waals surface area contributed by atoms with Crippen LogP contribution in [0.4, 0.5) is 4.39 Å². The summed E-state index contributed by atoms with van der Waals surface area (Å²) in [6, 6.07) is 16.3. The average molecular weight is 366 g/mol. The molecule has 1 aliphatic rings. The Morgan fingerprint density at radius 2 is 2.04 bits per heavy atom. The van der Waals surface area contributed by atoms with Crippen molar-refractivity contribution < 1.29 is 13.9 Å². The number of aromatic nitrogens is 1. The zero-order valence-electron chi connectivity index (χ0n) is 15.3. The van der Waals surface area contributed by atoms with Crippen molar-refractivity contribution >= 4 is 16.8 Å². The molecule has 2 atom stereocenters. The molecule has 4 nitrogen and oxygen atoms in total. The minimum absolute atomic E-state index is 0.0540. The van der Waals surface area contributed by atoms with Gasteiger partial charge in [0, 0.05) is 23.1 Å². The number of carbonyl (C=O) groups is 1. The second-order valence-electron chi connectivity index (χ2n) is 7.08. The number of nitrogens with one attached hydrogen (secondary N) is 1. The van der Waals surface area contributed by atoms with Crippen LogP contribution < -0.4 is 5.32 Å². The Balaban J connectivity index is 1.67. The van der Waals surface area contributed by atoms with Crippen molar-refractivity contribution in [3.63, 3.8) is 0 Å². The molecule has 0 radical (unpaired) electrons. The standard InChI is InChI=1S/C22H23FN2O2/c1-15(21-11-6-12-27-21)24-22(26)20-13-16-7-3-5-10-19(16)25(20)14-17-8-2-4-9-18(17)23/h2-5,7-10,13,15,21H,6,11-12,14H2,1H3,(H,24,26). The molecule has 1 saturated heterocycles. The number of benzene rings is 2. The van der Waals surface area contributed by atoms with Gasteiger partial charge in [0.25, 0.3) is 5.91 Å². The number of halogens is 1. The second kappa shape index (κ2) is 7.53. The van der Waals surface area contributed by atoms with E-state index in [0.29, 0.717) is 17.8 Å². The van der Waals surface area contributed by atoms with Crippen LogP contribution in [-0.2, 0) is 11.3 Å². The minimum Gasteiger partial charge on any atom is -0.376 e. The molecule has 2 unspecified atom stereocenters. The molecule has 1 fully saturated rings. The third-order valence-corrected chi connectivity index (χ3v) is 5.21. The number of ether oxygens (including phenoxy) is 1. The molecule has 27 heavy (non-hydrogen) atoms. The number of rotatable bonds is 5. The molecule has 1 aliphatic heterocycles. The third kappa shape index (κ3) is 3.60. The maximum atomic E-state index is 14.2. The van der Waals surface area contributed by atoms with Crippen LogP contribution in [0, 0.1) is 5.82 Å². The van der Waals surface area contributed by atoms with Gasteiger partial charge in [-0.1, -0.05) is 36.4 Å². The molecule has 0 spiro atoms. The highest BCUT2D eigenvalue weighted by Crippen LogP contribution is 2.23. The number of hydrogen-bond donors (Lipinski definition) is 1. The number of hydrogen-bond acceptors (Lipinski definition) is 2. The van der Waals surface area contributed by atoms with Gasteiger partial charge in [0.15, 0.2) is 0 Å². The van der Waals surface area contributed by atoms with Crippen LogP contribution in [0.1, 0.15) is 35.8 Å². The minimum atomic E-state index is -0.269. The van der Waals surface area contributed by atoms with Crippen LogP contribution in [-0.4, -0.2) is 29.2 Å². The van der Waals surface area contributed by atoms with E-state index in [4.69, 9.17) is 4.74 Å². The summed E-state index contributed by atoms with van der Waals surface area (Å²) in [6.07, 6.45) is 2.04. The quantitative estimate of drug-likeness (QED) is 0.738. The third-order valence-electron chi connectivity index (χ3n) is 5.21. The van der Waals surface area contributed by atoms with Crippen LogP contribution in [0.3, 0.4) is 0 Å². The van der Waals surface area contributed by atoms with Gasteiger partial charge in [0.1, 0.15) is 11.5 Å². The molecule has 3 aromatic rings. The highest BCUT2D eigenvalue weighted by atomic mass is 19.1. The molecular formula is C22H23FN2O2. The number of fused-ring (bicyclic) bond motifs is 1. The fourth-order valence-corrected chi connectivity index (χ4v) is 3.74. The van der Waals surface area contributed by atoms with Crippen molar-refractivity contribution in [2.45, 2.75) is 38.5 Å². The molecule has 0 aliphatic carbocycles. The molecule has 2 heterocycles. The van der Waals surface area contributed by atoms with E-state index < -0.39 is 0 Å². The van der Waals surface area contributed by atoms with E-state index in [2.05, 4.69) is 5.32 Å². The van der Waals surface area contributed by atoms with Crippen LogP contribution in [0.5, 0.6) is 0 Å². The van der Waals surface area contributed by atoms with Crippen LogP contribution in [0.15, 0.2) is 54.6 Å². The van der Waals surface area contributed by atoms with Gasteiger partial charge in [-0.25, -0.2) is 4.39 Å².